The van der Waals surface area contributed by atoms with E-state index in [4.69, 9.17) is 4.74 Å². The second-order valence-corrected chi connectivity index (χ2v) is 6.88. The first-order valence-electron chi connectivity index (χ1n) is 9.21. The second-order valence-electron chi connectivity index (χ2n) is 6.88. The van der Waals surface area contributed by atoms with Crippen molar-refractivity contribution >= 4 is 17.5 Å². The molecule has 0 radical (unpaired) electrons. The summed E-state index contributed by atoms with van der Waals surface area (Å²) in [7, 11) is 0. The van der Waals surface area contributed by atoms with E-state index in [-0.39, 0.29) is 31.4 Å². The lowest BCUT2D eigenvalue weighted by Gasteiger charge is -2.29. The molecular formula is C21H21F3N2O3. The first kappa shape index (κ1) is 20.7. The number of ether oxygens (including phenoxy) is 1. The van der Waals surface area contributed by atoms with Crippen LogP contribution < -0.4 is 15.0 Å². The van der Waals surface area contributed by atoms with Gasteiger partial charge in [0.25, 0.3) is 5.91 Å². The van der Waals surface area contributed by atoms with Crippen LogP contribution in [-0.4, -0.2) is 25.0 Å². The van der Waals surface area contributed by atoms with Crippen LogP contribution in [0.3, 0.4) is 0 Å². The van der Waals surface area contributed by atoms with Crippen molar-refractivity contribution in [1.29, 1.82) is 0 Å². The van der Waals surface area contributed by atoms with Crippen LogP contribution in [-0.2, 0) is 22.3 Å². The third kappa shape index (κ3) is 5.28. The Morgan fingerprint density at radius 1 is 1.21 bits per heavy atom. The van der Waals surface area contributed by atoms with Gasteiger partial charge in [0.1, 0.15) is 5.75 Å². The summed E-state index contributed by atoms with van der Waals surface area (Å²) in [6.45, 7) is 2.24. The minimum Gasteiger partial charge on any atom is -0.482 e. The maximum absolute atomic E-state index is 12.7. The summed E-state index contributed by atoms with van der Waals surface area (Å²) in [6.07, 6.45) is -3.84. The Hall–Kier alpha value is -3.03. The Morgan fingerprint density at radius 2 is 2.00 bits per heavy atom. The predicted octanol–water partition coefficient (Wildman–Crippen LogP) is 3.84. The molecule has 5 nitrogen and oxygen atoms in total. The van der Waals surface area contributed by atoms with E-state index >= 15 is 0 Å². The zero-order valence-corrected chi connectivity index (χ0v) is 15.9. The van der Waals surface area contributed by atoms with Crippen LogP contribution in [0.4, 0.5) is 18.9 Å². The molecule has 154 valence electrons. The summed E-state index contributed by atoms with van der Waals surface area (Å²) in [4.78, 5) is 25.8. The van der Waals surface area contributed by atoms with Gasteiger partial charge in [-0.2, -0.15) is 13.2 Å². The number of carbonyl (C=O) groups excluding carboxylic acids is 2. The lowest BCUT2D eigenvalue weighted by molar-refractivity contribution is -0.137. The highest BCUT2D eigenvalue weighted by molar-refractivity contribution is 5.98. The van der Waals surface area contributed by atoms with Gasteiger partial charge >= 0.3 is 6.18 Å². The number of hydrogen-bond donors (Lipinski definition) is 1. The summed E-state index contributed by atoms with van der Waals surface area (Å²) in [5.41, 5.74) is 1.31. The lowest BCUT2D eigenvalue weighted by atomic mass is 10.1. The largest absolute Gasteiger partial charge is 0.482 e. The monoisotopic (exact) mass is 406 g/mol. The third-order valence-electron chi connectivity index (χ3n) is 4.59. The number of fused-ring (bicyclic) bond motifs is 1. The summed E-state index contributed by atoms with van der Waals surface area (Å²) < 4.78 is 43.7. The minimum absolute atomic E-state index is 0.0151. The summed E-state index contributed by atoms with van der Waals surface area (Å²) in [5, 5.41) is 2.62. The van der Waals surface area contributed by atoms with Gasteiger partial charge in [-0.3, -0.25) is 9.59 Å². The molecule has 0 unspecified atom stereocenters. The van der Waals surface area contributed by atoms with Crippen LogP contribution in [0.5, 0.6) is 5.75 Å². The number of anilines is 1. The van der Waals surface area contributed by atoms with Crippen molar-refractivity contribution in [2.45, 2.75) is 32.5 Å². The molecule has 2 aromatic rings. The highest BCUT2D eigenvalue weighted by Gasteiger charge is 2.30. The van der Waals surface area contributed by atoms with Crippen molar-refractivity contribution in [3.8, 4) is 5.75 Å². The molecule has 1 N–H and O–H groups in total. The average molecular weight is 406 g/mol. The quantitative estimate of drug-likeness (QED) is 0.793. The Morgan fingerprint density at radius 3 is 2.76 bits per heavy atom. The van der Waals surface area contributed by atoms with E-state index in [0.29, 0.717) is 30.0 Å². The Labute approximate surface area is 166 Å². The molecule has 3 rings (SSSR count). The average Bonchev–Trinajstić information content (AvgIpc) is 2.67. The molecule has 0 spiro atoms. The molecule has 0 saturated carbocycles. The Kier molecular flexibility index (Phi) is 6.10. The number of aryl methyl sites for hydroxylation is 1. The molecule has 0 saturated heterocycles. The number of amides is 2. The van der Waals surface area contributed by atoms with E-state index in [9.17, 15) is 22.8 Å². The molecule has 1 aliphatic rings. The van der Waals surface area contributed by atoms with Gasteiger partial charge in [-0.15, -0.1) is 0 Å². The fourth-order valence-corrected chi connectivity index (χ4v) is 3.10. The van der Waals surface area contributed by atoms with Crippen molar-refractivity contribution in [3.05, 3.63) is 59.2 Å². The number of hydrogen-bond acceptors (Lipinski definition) is 3. The van der Waals surface area contributed by atoms with Crippen molar-refractivity contribution in [1.82, 2.24) is 5.32 Å². The van der Waals surface area contributed by atoms with Crippen molar-refractivity contribution in [3.63, 3.8) is 0 Å². The maximum atomic E-state index is 12.7. The molecule has 0 atom stereocenters. The van der Waals surface area contributed by atoms with Crippen molar-refractivity contribution < 1.29 is 27.5 Å². The standard InChI is InChI=1S/C21H21F3N2O3/c1-14-7-8-18-17(10-14)26(20(28)13-29-18)9-3-6-19(27)25-12-15-4-2-5-16(11-15)21(22,23)24/h2,4-5,7-8,10-11H,3,6,9,12-13H2,1H3,(H,25,27). The Balaban J connectivity index is 1.51. The highest BCUT2D eigenvalue weighted by atomic mass is 19.4. The molecule has 1 aliphatic heterocycles. The molecule has 29 heavy (non-hydrogen) atoms. The van der Waals surface area contributed by atoms with Gasteiger partial charge in [0, 0.05) is 19.5 Å². The van der Waals surface area contributed by atoms with Crippen molar-refractivity contribution in [2.75, 3.05) is 18.1 Å². The third-order valence-corrected chi connectivity index (χ3v) is 4.59. The molecule has 8 heteroatoms. The van der Waals surface area contributed by atoms with Crippen LogP contribution >= 0.6 is 0 Å². The van der Waals surface area contributed by atoms with Crippen LogP contribution in [0.1, 0.15) is 29.5 Å². The zero-order valence-electron chi connectivity index (χ0n) is 15.9. The molecule has 1 heterocycles. The molecule has 0 aromatic heterocycles. The van der Waals surface area contributed by atoms with Gasteiger partial charge in [-0.1, -0.05) is 18.2 Å². The first-order valence-corrected chi connectivity index (χ1v) is 9.21. The predicted molar refractivity (Wildman–Crippen MR) is 102 cm³/mol. The van der Waals surface area contributed by atoms with Crippen LogP contribution in [0.25, 0.3) is 0 Å². The molecule has 2 amide bonds. The molecule has 2 aromatic carbocycles. The van der Waals surface area contributed by atoms with Gasteiger partial charge in [0.05, 0.1) is 11.3 Å². The van der Waals surface area contributed by atoms with Gasteiger partial charge in [-0.25, -0.2) is 0 Å². The van der Waals surface area contributed by atoms with E-state index in [2.05, 4.69) is 5.32 Å². The smallest absolute Gasteiger partial charge is 0.416 e. The van der Waals surface area contributed by atoms with Crippen LogP contribution in [0.2, 0.25) is 0 Å². The Bertz CT molecular complexity index is 912. The summed E-state index contributed by atoms with van der Waals surface area (Å²) in [6, 6.07) is 10.4. The minimum atomic E-state index is -4.42. The fraction of sp³-hybridized carbons (Fsp3) is 0.333. The highest BCUT2D eigenvalue weighted by Crippen LogP contribution is 2.33. The molecule has 0 aliphatic carbocycles. The van der Waals surface area contributed by atoms with Gasteiger partial charge in [-0.05, 0) is 48.7 Å². The molecule has 0 bridgehead atoms. The molecular weight excluding hydrogens is 385 g/mol. The number of rotatable bonds is 6. The number of carbonyl (C=O) groups is 2. The SMILES string of the molecule is Cc1ccc2c(c1)N(CCCC(=O)NCc1cccc(C(F)(F)F)c1)C(=O)CO2. The molecule has 0 fully saturated rings. The van der Waals surface area contributed by atoms with E-state index < -0.39 is 11.7 Å². The summed E-state index contributed by atoms with van der Waals surface area (Å²) in [5.74, 6) is 0.171. The van der Waals surface area contributed by atoms with E-state index in [1.54, 1.807) is 4.90 Å². The number of nitrogens with one attached hydrogen (secondary N) is 1. The lowest BCUT2D eigenvalue weighted by Crippen LogP contribution is -2.39. The van der Waals surface area contributed by atoms with E-state index in [1.165, 1.54) is 12.1 Å². The normalized spacial score (nSPS) is 13.7. The van der Waals surface area contributed by atoms with Gasteiger partial charge in [0.15, 0.2) is 6.61 Å². The van der Waals surface area contributed by atoms with Crippen molar-refractivity contribution in [2.24, 2.45) is 0 Å². The first-order chi connectivity index (χ1) is 13.7. The number of benzene rings is 2. The zero-order chi connectivity index (χ0) is 21.0. The van der Waals surface area contributed by atoms with Gasteiger partial charge in [0.2, 0.25) is 5.91 Å². The number of halogens is 3. The topological polar surface area (TPSA) is 58.6 Å². The number of alkyl halides is 3. The second kappa shape index (κ2) is 8.55. The van der Waals surface area contributed by atoms with Crippen LogP contribution in [0.15, 0.2) is 42.5 Å². The number of nitrogens with zero attached hydrogens (tertiary/aromatic N) is 1. The van der Waals surface area contributed by atoms with Gasteiger partial charge < -0.3 is 15.0 Å². The summed E-state index contributed by atoms with van der Waals surface area (Å²) >= 11 is 0. The fourth-order valence-electron chi connectivity index (χ4n) is 3.10. The van der Waals surface area contributed by atoms with Crippen LogP contribution in [0, 0.1) is 6.92 Å². The maximum Gasteiger partial charge on any atom is 0.416 e. The van der Waals surface area contributed by atoms with E-state index in [1.807, 2.05) is 25.1 Å². The van der Waals surface area contributed by atoms with E-state index in [0.717, 1.165) is 17.7 Å².